The molecule has 0 radical (unpaired) electrons. The number of halogens is 3. The van der Waals surface area contributed by atoms with Crippen molar-refractivity contribution >= 4 is 6.16 Å². The topological polar surface area (TPSA) is 46.5 Å². The first-order valence-corrected chi connectivity index (χ1v) is 3.91. The molecule has 0 aliphatic heterocycles. The quantitative estimate of drug-likeness (QED) is 0.779. The number of hydrogen-bond acceptors (Lipinski definition) is 2. The summed E-state index contributed by atoms with van der Waals surface area (Å²) in [5, 5.41) is 8.16. The lowest BCUT2D eigenvalue weighted by Crippen LogP contribution is -2.06. The van der Waals surface area contributed by atoms with Crippen LogP contribution in [0.5, 0.6) is 0 Å². The molecule has 0 heterocycles. The predicted octanol–water partition coefficient (Wildman–Crippen LogP) is 2.90. The second-order valence-corrected chi connectivity index (χ2v) is 2.75. The Balaban J connectivity index is 2.79. The van der Waals surface area contributed by atoms with Crippen LogP contribution in [0.25, 0.3) is 0 Å². The second-order valence-electron chi connectivity index (χ2n) is 2.75. The number of alkyl halides is 3. The van der Waals surface area contributed by atoms with Gasteiger partial charge in [0.1, 0.15) is 6.61 Å². The van der Waals surface area contributed by atoms with Crippen molar-refractivity contribution in [2.75, 3.05) is 0 Å². The highest BCUT2D eigenvalue weighted by Gasteiger charge is 2.30. The average molecular weight is 220 g/mol. The smallest absolute Gasteiger partial charge is 0.450 e. The molecule has 0 aromatic heterocycles. The largest absolute Gasteiger partial charge is 0.506 e. The van der Waals surface area contributed by atoms with E-state index in [0.29, 0.717) is 0 Å². The fourth-order valence-corrected chi connectivity index (χ4v) is 0.983. The Bertz CT molecular complexity index is 360. The molecule has 0 unspecified atom stereocenters. The Morgan fingerprint density at radius 2 is 2.07 bits per heavy atom. The third-order valence-corrected chi connectivity index (χ3v) is 1.62. The second kappa shape index (κ2) is 4.20. The normalized spacial score (nSPS) is 11.1. The molecule has 0 aliphatic rings. The Hall–Kier alpha value is -1.72. The van der Waals surface area contributed by atoms with Crippen molar-refractivity contribution < 1.29 is 27.8 Å². The molecule has 1 aromatic carbocycles. The third kappa shape index (κ3) is 3.49. The Morgan fingerprint density at radius 1 is 1.40 bits per heavy atom. The van der Waals surface area contributed by atoms with Crippen LogP contribution in [0.4, 0.5) is 18.0 Å². The Kier molecular flexibility index (Phi) is 3.18. The Morgan fingerprint density at radius 3 is 2.60 bits per heavy atom. The van der Waals surface area contributed by atoms with Crippen LogP contribution >= 0.6 is 0 Å². The van der Waals surface area contributed by atoms with E-state index in [4.69, 9.17) is 5.11 Å². The molecule has 0 atom stereocenters. The average Bonchev–Trinajstić information content (AvgIpc) is 2.14. The maximum absolute atomic E-state index is 12.2. The van der Waals surface area contributed by atoms with E-state index in [2.05, 4.69) is 4.74 Å². The summed E-state index contributed by atoms with van der Waals surface area (Å²) >= 11 is 0. The van der Waals surface area contributed by atoms with Gasteiger partial charge in [-0.2, -0.15) is 13.2 Å². The molecule has 1 aromatic rings. The van der Waals surface area contributed by atoms with Gasteiger partial charge < -0.3 is 9.84 Å². The molecule has 6 heteroatoms. The first-order chi connectivity index (χ1) is 6.89. The molecule has 0 fully saturated rings. The fourth-order valence-electron chi connectivity index (χ4n) is 0.983. The fraction of sp³-hybridized carbons (Fsp3) is 0.222. The molecule has 82 valence electrons. The molecule has 3 nitrogen and oxygen atoms in total. The number of carboxylic acid groups (broad SMARTS) is 1. The molecular weight excluding hydrogens is 213 g/mol. The van der Waals surface area contributed by atoms with Gasteiger partial charge in [-0.3, -0.25) is 0 Å². The summed E-state index contributed by atoms with van der Waals surface area (Å²) in [6, 6.07) is 4.31. The van der Waals surface area contributed by atoms with E-state index in [1.807, 2.05) is 0 Å². The Labute approximate surface area is 83.1 Å². The van der Waals surface area contributed by atoms with Crippen molar-refractivity contribution in [3.63, 3.8) is 0 Å². The first-order valence-electron chi connectivity index (χ1n) is 3.91. The van der Waals surface area contributed by atoms with Gasteiger partial charge in [0.2, 0.25) is 0 Å². The van der Waals surface area contributed by atoms with Crippen LogP contribution in [0.2, 0.25) is 0 Å². The molecule has 1 N–H and O–H groups in total. The lowest BCUT2D eigenvalue weighted by atomic mass is 10.1. The summed E-state index contributed by atoms with van der Waals surface area (Å²) in [6.07, 6.45) is -5.95. The predicted molar refractivity (Wildman–Crippen MR) is 44.3 cm³/mol. The van der Waals surface area contributed by atoms with Crippen molar-refractivity contribution in [3.8, 4) is 0 Å². The van der Waals surface area contributed by atoms with Gasteiger partial charge in [0.15, 0.2) is 0 Å². The summed E-state index contributed by atoms with van der Waals surface area (Å²) in [5.41, 5.74) is -0.666. The summed E-state index contributed by atoms with van der Waals surface area (Å²) in [7, 11) is 0. The SMILES string of the molecule is O=C(O)OCc1cccc(C(F)(F)F)c1. The van der Waals surface area contributed by atoms with Gasteiger partial charge in [0, 0.05) is 0 Å². The summed E-state index contributed by atoms with van der Waals surface area (Å²) < 4.78 is 40.8. The van der Waals surface area contributed by atoms with Crippen molar-refractivity contribution in [1.29, 1.82) is 0 Å². The molecular formula is C9H7F3O3. The van der Waals surface area contributed by atoms with Crippen LogP contribution in [0.15, 0.2) is 24.3 Å². The van der Waals surface area contributed by atoms with E-state index in [1.54, 1.807) is 0 Å². The highest BCUT2D eigenvalue weighted by molar-refractivity contribution is 5.56. The summed E-state index contributed by atoms with van der Waals surface area (Å²) in [5.74, 6) is 0. The highest BCUT2D eigenvalue weighted by Crippen LogP contribution is 2.29. The van der Waals surface area contributed by atoms with Gasteiger partial charge >= 0.3 is 12.3 Å². The van der Waals surface area contributed by atoms with Crippen LogP contribution in [0.1, 0.15) is 11.1 Å². The van der Waals surface area contributed by atoms with E-state index in [9.17, 15) is 18.0 Å². The van der Waals surface area contributed by atoms with Gasteiger partial charge in [-0.1, -0.05) is 12.1 Å². The van der Waals surface area contributed by atoms with Crippen molar-refractivity contribution in [2.45, 2.75) is 12.8 Å². The minimum atomic E-state index is -4.43. The molecule has 0 bridgehead atoms. The number of ether oxygens (including phenoxy) is 1. The maximum Gasteiger partial charge on any atom is 0.506 e. The minimum Gasteiger partial charge on any atom is -0.450 e. The van der Waals surface area contributed by atoms with Crippen molar-refractivity contribution in [1.82, 2.24) is 0 Å². The maximum atomic E-state index is 12.2. The number of rotatable bonds is 2. The van der Waals surface area contributed by atoms with Crippen LogP contribution < -0.4 is 0 Å². The minimum absolute atomic E-state index is 0.159. The molecule has 0 saturated heterocycles. The van der Waals surface area contributed by atoms with Crippen molar-refractivity contribution in [2.24, 2.45) is 0 Å². The van der Waals surface area contributed by atoms with E-state index >= 15 is 0 Å². The van der Waals surface area contributed by atoms with Crippen molar-refractivity contribution in [3.05, 3.63) is 35.4 Å². The molecule has 0 spiro atoms. The van der Waals surface area contributed by atoms with E-state index < -0.39 is 17.9 Å². The van der Waals surface area contributed by atoms with E-state index in [0.717, 1.165) is 12.1 Å². The lowest BCUT2D eigenvalue weighted by molar-refractivity contribution is -0.137. The van der Waals surface area contributed by atoms with Gasteiger partial charge in [0.05, 0.1) is 5.56 Å². The standard InChI is InChI=1S/C9H7F3O3/c10-9(11,12)7-3-1-2-6(4-7)5-15-8(13)14/h1-4H,5H2,(H,13,14). The van der Waals surface area contributed by atoms with Crippen LogP contribution in [0.3, 0.4) is 0 Å². The zero-order valence-corrected chi connectivity index (χ0v) is 7.41. The monoisotopic (exact) mass is 220 g/mol. The zero-order chi connectivity index (χ0) is 11.5. The summed E-state index contributed by atoms with van der Waals surface area (Å²) in [6.45, 7) is -0.390. The lowest BCUT2D eigenvalue weighted by Gasteiger charge is -2.08. The zero-order valence-electron chi connectivity index (χ0n) is 7.41. The van der Waals surface area contributed by atoms with Gasteiger partial charge in [0.25, 0.3) is 0 Å². The molecule has 0 saturated carbocycles. The van der Waals surface area contributed by atoms with Crippen LogP contribution in [0, 0.1) is 0 Å². The van der Waals surface area contributed by atoms with E-state index in [1.165, 1.54) is 12.1 Å². The summed E-state index contributed by atoms with van der Waals surface area (Å²) in [4.78, 5) is 10.0. The highest BCUT2D eigenvalue weighted by atomic mass is 19.4. The van der Waals surface area contributed by atoms with Gasteiger partial charge in [-0.15, -0.1) is 0 Å². The van der Waals surface area contributed by atoms with E-state index in [-0.39, 0.29) is 12.2 Å². The molecule has 15 heavy (non-hydrogen) atoms. The van der Waals surface area contributed by atoms with Crippen LogP contribution in [-0.2, 0) is 17.5 Å². The van der Waals surface area contributed by atoms with Gasteiger partial charge in [-0.25, -0.2) is 4.79 Å². The number of hydrogen-bond donors (Lipinski definition) is 1. The third-order valence-electron chi connectivity index (χ3n) is 1.62. The molecule has 0 amide bonds. The molecule has 1 rings (SSSR count). The molecule has 0 aliphatic carbocycles. The first kappa shape index (κ1) is 11.4. The van der Waals surface area contributed by atoms with Crippen LogP contribution in [-0.4, -0.2) is 11.3 Å². The number of benzene rings is 1. The van der Waals surface area contributed by atoms with Gasteiger partial charge in [-0.05, 0) is 17.7 Å². The number of carbonyl (C=O) groups is 1.